The second-order valence-electron chi connectivity index (χ2n) is 4.59. The van der Waals surface area contributed by atoms with Gasteiger partial charge in [0, 0.05) is 28.7 Å². The molecule has 2 aromatic heterocycles. The molecular formula is C15H11N3. The van der Waals surface area contributed by atoms with Crippen molar-refractivity contribution in [1.29, 1.82) is 0 Å². The molecule has 2 heterocycles. The number of aromatic nitrogens is 3. The third kappa shape index (κ3) is 1.19. The summed E-state index contributed by atoms with van der Waals surface area (Å²) in [6, 6.07) is 10.6. The molecule has 18 heavy (non-hydrogen) atoms. The van der Waals surface area contributed by atoms with Crippen molar-refractivity contribution in [2.75, 3.05) is 0 Å². The zero-order valence-corrected chi connectivity index (χ0v) is 9.94. The Labute approximate surface area is 103 Å². The number of H-pyrrole nitrogens is 1. The van der Waals surface area contributed by atoms with E-state index in [0.29, 0.717) is 0 Å². The number of benzene rings is 2. The van der Waals surface area contributed by atoms with Gasteiger partial charge in [0.15, 0.2) is 0 Å². The molecule has 0 saturated carbocycles. The van der Waals surface area contributed by atoms with E-state index in [0.717, 1.165) is 22.1 Å². The number of fused-ring (bicyclic) bond motifs is 5. The Morgan fingerprint density at radius 3 is 2.78 bits per heavy atom. The molecule has 1 N–H and O–H groups in total. The van der Waals surface area contributed by atoms with Crippen molar-refractivity contribution >= 4 is 32.8 Å². The van der Waals surface area contributed by atoms with Gasteiger partial charge in [0.25, 0.3) is 0 Å². The summed E-state index contributed by atoms with van der Waals surface area (Å²) < 4.78 is 0. The number of nitrogens with one attached hydrogen (secondary N) is 1. The number of hydrogen-bond donors (Lipinski definition) is 1. The minimum absolute atomic E-state index is 0.924. The molecule has 0 atom stereocenters. The second kappa shape index (κ2) is 3.29. The van der Waals surface area contributed by atoms with Gasteiger partial charge in [-0.3, -0.25) is 9.97 Å². The van der Waals surface area contributed by atoms with Crippen LogP contribution in [0.15, 0.2) is 42.7 Å². The lowest BCUT2D eigenvalue weighted by Gasteiger charge is -1.97. The van der Waals surface area contributed by atoms with Gasteiger partial charge in [0.1, 0.15) is 5.52 Å². The fourth-order valence-electron chi connectivity index (χ4n) is 2.51. The first-order valence-corrected chi connectivity index (χ1v) is 5.95. The van der Waals surface area contributed by atoms with Gasteiger partial charge in [0.05, 0.1) is 11.0 Å². The zero-order chi connectivity index (χ0) is 12.1. The van der Waals surface area contributed by atoms with Crippen LogP contribution in [0.5, 0.6) is 0 Å². The van der Waals surface area contributed by atoms with E-state index in [1.54, 1.807) is 12.4 Å². The normalized spacial score (nSPS) is 11.6. The highest BCUT2D eigenvalue weighted by molar-refractivity contribution is 6.15. The summed E-state index contributed by atoms with van der Waals surface area (Å²) in [5.74, 6) is 0. The first-order valence-electron chi connectivity index (χ1n) is 5.95. The Hall–Kier alpha value is -2.42. The maximum atomic E-state index is 4.43. The van der Waals surface area contributed by atoms with Crippen LogP contribution < -0.4 is 0 Å². The quantitative estimate of drug-likeness (QED) is 0.504. The van der Waals surface area contributed by atoms with Gasteiger partial charge in [-0.2, -0.15) is 0 Å². The Morgan fingerprint density at radius 1 is 0.944 bits per heavy atom. The summed E-state index contributed by atoms with van der Waals surface area (Å²) in [7, 11) is 0. The summed E-state index contributed by atoms with van der Waals surface area (Å²) in [6.07, 6.45) is 3.46. The van der Waals surface area contributed by atoms with Crippen molar-refractivity contribution in [1.82, 2.24) is 15.0 Å². The molecular weight excluding hydrogens is 222 g/mol. The summed E-state index contributed by atoms with van der Waals surface area (Å²) >= 11 is 0. The van der Waals surface area contributed by atoms with E-state index in [-0.39, 0.29) is 0 Å². The topological polar surface area (TPSA) is 41.6 Å². The van der Waals surface area contributed by atoms with Gasteiger partial charge in [-0.1, -0.05) is 11.6 Å². The molecule has 0 bridgehead atoms. The molecule has 0 radical (unpaired) electrons. The van der Waals surface area contributed by atoms with Crippen LogP contribution >= 0.6 is 0 Å². The number of rotatable bonds is 0. The van der Waals surface area contributed by atoms with Crippen molar-refractivity contribution in [3.63, 3.8) is 0 Å². The molecule has 2 aromatic carbocycles. The highest BCUT2D eigenvalue weighted by atomic mass is 14.8. The SMILES string of the molecule is Cc1ccc2[nH]c3c(ccc4nccnc43)c2c1. The van der Waals surface area contributed by atoms with E-state index in [9.17, 15) is 0 Å². The third-order valence-corrected chi connectivity index (χ3v) is 3.37. The lowest BCUT2D eigenvalue weighted by atomic mass is 10.1. The molecule has 0 fully saturated rings. The van der Waals surface area contributed by atoms with E-state index < -0.39 is 0 Å². The summed E-state index contributed by atoms with van der Waals surface area (Å²) in [4.78, 5) is 12.2. The third-order valence-electron chi connectivity index (χ3n) is 3.37. The Kier molecular flexibility index (Phi) is 1.75. The average molecular weight is 233 g/mol. The minimum atomic E-state index is 0.924. The molecule has 0 aliphatic heterocycles. The fourth-order valence-corrected chi connectivity index (χ4v) is 2.51. The van der Waals surface area contributed by atoms with Gasteiger partial charge in [-0.15, -0.1) is 0 Å². The zero-order valence-electron chi connectivity index (χ0n) is 9.94. The molecule has 4 aromatic rings. The predicted molar refractivity (Wildman–Crippen MR) is 73.6 cm³/mol. The van der Waals surface area contributed by atoms with Crippen LogP contribution in [-0.4, -0.2) is 15.0 Å². The van der Waals surface area contributed by atoms with E-state index in [1.165, 1.54) is 16.3 Å². The van der Waals surface area contributed by atoms with E-state index >= 15 is 0 Å². The maximum absolute atomic E-state index is 4.43. The standard InChI is InChI=1S/C15H11N3/c1-9-2-4-12-11(8-9)10-3-5-13-15(14(10)18-12)17-7-6-16-13/h2-8,18H,1H3. The Balaban J connectivity index is 2.30. The molecule has 0 amide bonds. The van der Waals surface area contributed by atoms with Gasteiger partial charge in [-0.05, 0) is 31.2 Å². The lowest BCUT2D eigenvalue weighted by molar-refractivity contribution is 1.30. The monoisotopic (exact) mass is 233 g/mol. The highest BCUT2D eigenvalue weighted by Gasteiger charge is 2.08. The number of nitrogens with zero attached hydrogens (tertiary/aromatic N) is 2. The summed E-state index contributed by atoms with van der Waals surface area (Å²) in [5, 5.41) is 2.46. The summed E-state index contributed by atoms with van der Waals surface area (Å²) in [6.45, 7) is 2.11. The van der Waals surface area contributed by atoms with Gasteiger partial charge >= 0.3 is 0 Å². The maximum Gasteiger partial charge on any atom is 0.113 e. The molecule has 0 unspecified atom stereocenters. The van der Waals surface area contributed by atoms with Crippen molar-refractivity contribution in [3.8, 4) is 0 Å². The van der Waals surface area contributed by atoms with Gasteiger partial charge in [-0.25, -0.2) is 0 Å². The van der Waals surface area contributed by atoms with Crippen molar-refractivity contribution < 1.29 is 0 Å². The lowest BCUT2D eigenvalue weighted by Crippen LogP contribution is -1.82. The second-order valence-corrected chi connectivity index (χ2v) is 4.59. The largest absolute Gasteiger partial charge is 0.353 e. The Bertz CT molecular complexity index is 890. The van der Waals surface area contributed by atoms with Crippen LogP contribution in [0.4, 0.5) is 0 Å². The van der Waals surface area contributed by atoms with Crippen LogP contribution in [0.1, 0.15) is 5.56 Å². The van der Waals surface area contributed by atoms with Gasteiger partial charge in [0.2, 0.25) is 0 Å². The van der Waals surface area contributed by atoms with Crippen LogP contribution in [0.25, 0.3) is 32.8 Å². The van der Waals surface area contributed by atoms with Crippen molar-refractivity contribution in [3.05, 3.63) is 48.3 Å². The first kappa shape index (κ1) is 9.59. The van der Waals surface area contributed by atoms with Crippen molar-refractivity contribution in [2.45, 2.75) is 6.92 Å². The van der Waals surface area contributed by atoms with Gasteiger partial charge < -0.3 is 4.98 Å². The minimum Gasteiger partial charge on any atom is -0.353 e. The molecule has 0 saturated heterocycles. The van der Waals surface area contributed by atoms with E-state index in [1.807, 2.05) is 6.07 Å². The number of hydrogen-bond acceptors (Lipinski definition) is 2. The summed E-state index contributed by atoms with van der Waals surface area (Å²) in [5.41, 5.74) is 5.34. The molecule has 0 aliphatic carbocycles. The van der Waals surface area contributed by atoms with E-state index in [4.69, 9.17) is 0 Å². The molecule has 4 rings (SSSR count). The number of aromatic amines is 1. The van der Waals surface area contributed by atoms with E-state index in [2.05, 4.69) is 46.1 Å². The first-order chi connectivity index (χ1) is 8.83. The van der Waals surface area contributed by atoms with Crippen LogP contribution in [-0.2, 0) is 0 Å². The fraction of sp³-hybridized carbons (Fsp3) is 0.0667. The predicted octanol–water partition coefficient (Wildman–Crippen LogP) is 3.57. The smallest absolute Gasteiger partial charge is 0.113 e. The molecule has 0 spiro atoms. The molecule has 3 heteroatoms. The molecule has 3 nitrogen and oxygen atoms in total. The molecule has 0 aliphatic rings. The Morgan fingerprint density at radius 2 is 1.83 bits per heavy atom. The number of aryl methyl sites for hydroxylation is 1. The molecule has 86 valence electrons. The van der Waals surface area contributed by atoms with Crippen LogP contribution in [0, 0.1) is 6.92 Å². The van der Waals surface area contributed by atoms with Crippen molar-refractivity contribution in [2.24, 2.45) is 0 Å². The average Bonchev–Trinajstić information content (AvgIpc) is 2.77. The van der Waals surface area contributed by atoms with Crippen LogP contribution in [0.3, 0.4) is 0 Å². The highest BCUT2D eigenvalue weighted by Crippen LogP contribution is 2.29. The van der Waals surface area contributed by atoms with Crippen LogP contribution in [0.2, 0.25) is 0 Å².